The van der Waals surface area contributed by atoms with Gasteiger partial charge in [0.25, 0.3) is 5.56 Å². The molecule has 5 heteroatoms. The highest BCUT2D eigenvalue weighted by molar-refractivity contribution is 6.01. The van der Waals surface area contributed by atoms with Gasteiger partial charge in [-0.05, 0) is 25.3 Å². The number of aromatic amines is 1. The Hall–Kier alpha value is -2.09. The third-order valence-corrected chi connectivity index (χ3v) is 3.38. The Morgan fingerprint density at radius 2 is 2.14 bits per heavy atom. The minimum atomic E-state index is -0.346. The van der Waals surface area contributed by atoms with Crippen molar-refractivity contribution in [1.82, 2.24) is 4.98 Å². The summed E-state index contributed by atoms with van der Waals surface area (Å²) in [6.45, 7) is 4.13. The Morgan fingerprint density at radius 3 is 2.71 bits per heavy atom. The standard InChI is InChI=1S/C16H23N3O2/c1-4-6-7-8-9-15(19-21-3)13-10-12(11-17)16(20)18-14(13)5-2/h10H,4-9H2,1-3H3,(H,18,20). The third kappa shape index (κ3) is 4.75. The van der Waals surface area contributed by atoms with Gasteiger partial charge in [-0.2, -0.15) is 5.26 Å². The largest absolute Gasteiger partial charge is 0.399 e. The van der Waals surface area contributed by atoms with E-state index in [0.29, 0.717) is 6.42 Å². The third-order valence-electron chi connectivity index (χ3n) is 3.38. The number of nitrogens with zero attached hydrogens (tertiary/aromatic N) is 2. The van der Waals surface area contributed by atoms with Crippen LogP contribution in [-0.4, -0.2) is 17.8 Å². The average molecular weight is 289 g/mol. The number of rotatable bonds is 8. The summed E-state index contributed by atoms with van der Waals surface area (Å²) in [5, 5.41) is 13.1. The number of unbranched alkanes of at least 4 members (excludes halogenated alkanes) is 3. The van der Waals surface area contributed by atoms with Crippen LogP contribution in [0.1, 0.15) is 62.8 Å². The smallest absolute Gasteiger partial charge is 0.266 e. The highest BCUT2D eigenvalue weighted by Gasteiger charge is 2.13. The van der Waals surface area contributed by atoms with Gasteiger partial charge in [0, 0.05) is 11.3 Å². The lowest BCUT2D eigenvalue weighted by Crippen LogP contribution is -2.18. The lowest BCUT2D eigenvalue weighted by atomic mass is 9.99. The van der Waals surface area contributed by atoms with Crippen LogP contribution in [0.2, 0.25) is 0 Å². The summed E-state index contributed by atoms with van der Waals surface area (Å²) < 4.78 is 0. The molecule has 0 amide bonds. The number of aryl methyl sites for hydroxylation is 1. The Balaban J connectivity index is 3.10. The van der Waals surface area contributed by atoms with Crippen LogP contribution in [0.5, 0.6) is 0 Å². The van der Waals surface area contributed by atoms with E-state index in [2.05, 4.69) is 17.1 Å². The van der Waals surface area contributed by atoms with Crippen molar-refractivity contribution < 1.29 is 4.84 Å². The number of nitriles is 1. The number of oxime groups is 1. The molecule has 0 unspecified atom stereocenters. The van der Waals surface area contributed by atoms with Crippen LogP contribution in [0.3, 0.4) is 0 Å². The molecule has 0 spiro atoms. The summed E-state index contributed by atoms with van der Waals surface area (Å²) in [7, 11) is 1.51. The highest BCUT2D eigenvalue weighted by Crippen LogP contribution is 2.14. The second-order valence-corrected chi connectivity index (χ2v) is 4.90. The lowest BCUT2D eigenvalue weighted by Gasteiger charge is -2.11. The van der Waals surface area contributed by atoms with Crippen molar-refractivity contribution in [2.75, 3.05) is 7.11 Å². The number of H-pyrrole nitrogens is 1. The average Bonchev–Trinajstić information content (AvgIpc) is 2.50. The van der Waals surface area contributed by atoms with Gasteiger partial charge >= 0.3 is 0 Å². The van der Waals surface area contributed by atoms with E-state index in [1.807, 2.05) is 13.0 Å². The Bertz CT molecular complexity index is 582. The fraction of sp³-hybridized carbons (Fsp3) is 0.562. The van der Waals surface area contributed by atoms with E-state index in [0.717, 1.165) is 36.2 Å². The Labute approximate surface area is 125 Å². The van der Waals surface area contributed by atoms with Crippen molar-refractivity contribution >= 4 is 5.71 Å². The molecule has 0 aliphatic rings. The van der Waals surface area contributed by atoms with Crippen LogP contribution >= 0.6 is 0 Å². The predicted molar refractivity (Wildman–Crippen MR) is 83.5 cm³/mol. The van der Waals surface area contributed by atoms with Crippen LogP contribution in [-0.2, 0) is 11.3 Å². The van der Waals surface area contributed by atoms with Gasteiger partial charge in [0.1, 0.15) is 18.7 Å². The van der Waals surface area contributed by atoms with Crippen LogP contribution < -0.4 is 5.56 Å². The molecule has 0 saturated carbocycles. The Morgan fingerprint density at radius 1 is 1.38 bits per heavy atom. The van der Waals surface area contributed by atoms with Crippen molar-refractivity contribution in [1.29, 1.82) is 5.26 Å². The molecule has 1 aromatic heterocycles. The van der Waals surface area contributed by atoms with Gasteiger partial charge < -0.3 is 9.82 Å². The summed E-state index contributed by atoms with van der Waals surface area (Å²) >= 11 is 0. The fourth-order valence-corrected chi connectivity index (χ4v) is 2.25. The molecule has 0 fully saturated rings. The minimum Gasteiger partial charge on any atom is -0.399 e. The second kappa shape index (κ2) is 8.96. The SMILES string of the molecule is CCCCCCC(=NOC)c1cc(C#N)c(=O)[nH]c1CC. The monoisotopic (exact) mass is 289 g/mol. The van der Waals surface area contributed by atoms with E-state index >= 15 is 0 Å². The van der Waals surface area contributed by atoms with Gasteiger partial charge in [0.15, 0.2) is 0 Å². The van der Waals surface area contributed by atoms with E-state index < -0.39 is 0 Å². The first-order valence-corrected chi connectivity index (χ1v) is 7.44. The van der Waals surface area contributed by atoms with Crippen LogP contribution in [0, 0.1) is 11.3 Å². The molecule has 0 saturated heterocycles. The quantitative estimate of drug-likeness (QED) is 0.453. The zero-order valence-electron chi connectivity index (χ0n) is 13.0. The van der Waals surface area contributed by atoms with Crippen LogP contribution in [0.4, 0.5) is 0 Å². The molecule has 5 nitrogen and oxygen atoms in total. The molecule has 0 aromatic carbocycles. The maximum absolute atomic E-state index is 11.7. The first-order chi connectivity index (χ1) is 10.2. The van der Waals surface area contributed by atoms with Gasteiger partial charge in [0.2, 0.25) is 0 Å². The molecule has 0 bridgehead atoms. The zero-order valence-corrected chi connectivity index (χ0v) is 13.0. The summed E-state index contributed by atoms with van der Waals surface area (Å²) in [6.07, 6.45) is 5.96. The van der Waals surface area contributed by atoms with E-state index in [-0.39, 0.29) is 11.1 Å². The molecule has 1 rings (SSSR count). The number of hydrogen-bond donors (Lipinski definition) is 1. The molecule has 1 aromatic rings. The summed E-state index contributed by atoms with van der Waals surface area (Å²) in [5.41, 5.74) is 2.16. The van der Waals surface area contributed by atoms with Crippen molar-refractivity contribution in [2.24, 2.45) is 5.16 Å². The summed E-state index contributed by atoms with van der Waals surface area (Å²) in [4.78, 5) is 19.4. The van der Waals surface area contributed by atoms with Crippen molar-refractivity contribution in [2.45, 2.75) is 52.4 Å². The van der Waals surface area contributed by atoms with Crippen molar-refractivity contribution in [3.05, 3.63) is 33.2 Å². The minimum absolute atomic E-state index is 0.111. The van der Waals surface area contributed by atoms with Gasteiger partial charge in [0.05, 0.1) is 5.71 Å². The molecule has 21 heavy (non-hydrogen) atoms. The van der Waals surface area contributed by atoms with Gasteiger partial charge in [-0.3, -0.25) is 4.79 Å². The number of hydrogen-bond acceptors (Lipinski definition) is 4. The second-order valence-electron chi connectivity index (χ2n) is 4.90. The summed E-state index contributed by atoms with van der Waals surface area (Å²) in [6, 6.07) is 3.54. The molecule has 0 radical (unpaired) electrons. The highest BCUT2D eigenvalue weighted by atomic mass is 16.6. The first kappa shape index (κ1) is 17.0. The van der Waals surface area contributed by atoms with E-state index in [4.69, 9.17) is 10.1 Å². The molecule has 114 valence electrons. The Kier molecular flexibility index (Phi) is 7.24. The van der Waals surface area contributed by atoms with E-state index in [1.165, 1.54) is 20.0 Å². The number of aromatic nitrogens is 1. The van der Waals surface area contributed by atoms with E-state index in [1.54, 1.807) is 6.07 Å². The molecular formula is C16H23N3O2. The number of pyridine rings is 1. The maximum Gasteiger partial charge on any atom is 0.266 e. The predicted octanol–water partition coefficient (Wildman–Crippen LogP) is 3.13. The molecule has 0 aliphatic carbocycles. The van der Waals surface area contributed by atoms with Gasteiger partial charge in [-0.1, -0.05) is 38.3 Å². The molecule has 0 aliphatic heterocycles. The molecular weight excluding hydrogens is 266 g/mol. The normalized spacial score (nSPS) is 11.2. The summed E-state index contributed by atoms with van der Waals surface area (Å²) in [5.74, 6) is 0. The van der Waals surface area contributed by atoms with Crippen molar-refractivity contribution in [3.63, 3.8) is 0 Å². The molecule has 1 heterocycles. The maximum atomic E-state index is 11.7. The van der Waals surface area contributed by atoms with Crippen molar-refractivity contribution in [3.8, 4) is 6.07 Å². The van der Waals surface area contributed by atoms with Gasteiger partial charge in [-0.25, -0.2) is 0 Å². The number of nitrogens with one attached hydrogen (secondary N) is 1. The van der Waals surface area contributed by atoms with E-state index in [9.17, 15) is 4.79 Å². The topological polar surface area (TPSA) is 78.2 Å². The fourth-order valence-electron chi connectivity index (χ4n) is 2.25. The zero-order chi connectivity index (χ0) is 15.7. The van der Waals surface area contributed by atoms with Crippen LogP contribution in [0.25, 0.3) is 0 Å². The molecule has 1 N–H and O–H groups in total. The van der Waals surface area contributed by atoms with Gasteiger partial charge in [-0.15, -0.1) is 0 Å². The van der Waals surface area contributed by atoms with Crippen LogP contribution in [0.15, 0.2) is 16.0 Å². The first-order valence-electron chi connectivity index (χ1n) is 7.44. The lowest BCUT2D eigenvalue weighted by molar-refractivity contribution is 0.212. The molecule has 0 atom stereocenters.